The number of phenols is 1. The first-order valence-electron chi connectivity index (χ1n) is 9.27. The van der Waals surface area contributed by atoms with E-state index in [1.54, 1.807) is 0 Å². The number of rotatable bonds is 4. The predicted octanol–water partition coefficient (Wildman–Crippen LogP) is 4.26. The minimum absolute atomic E-state index is 0.0466. The van der Waals surface area contributed by atoms with E-state index < -0.39 is 29.2 Å². The van der Waals surface area contributed by atoms with Crippen LogP contribution >= 0.6 is 0 Å². The maximum atomic E-state index is 13.3. The molecule has 0 spiro atoms. The number of amides is 2. The van der Waals surface area contributed by atoms with Crippen LogP contribution in [0.2, 0.25) is 0 Å². The Morgan fingerprint density at radius 3 is 2.00 bits per heavy atom. The number of hydrogen-bond acceptors (Lipinski definition) is 5. The molecule has 2 amide bonds. The molecule has 1 heterocycles. The summed E-state index contributed by atoms with van der Waals surface area (Å²) in [5.41, 5.74) is -0.0186. The van der Waals surface area contributed by atoms with E-state index in [1.165, 1.54) is 24.5 Å². The maximum Gasteiger partial charge on any atom is 0.259 e. The van der Waals surface area contributed by atoms with Crippen molar-refractivity contribution in [1.82, 2.24) is 9.97 Å². The molecule has 0 bridgehead atoms. The molecule has 0 atom stereocenters. The van der Waals surface area contributed by atoms with Crippen LogP contribution in [0.25, 0.3) is 0 Å². The van der Waals surface area contributed by atoms with Gasteiger partial charge >= 0.3 is 0 Å². The van der Waals surface area contributed by atoms with Crippen LogP contribution in [0.1, 0.15) is 47.3 Å². The van der Waals surface area contributed by atoms with Gasteiger partial charge in [-0.3, -0.25) is 9.59 Å². The highest BCUT2D eigenvalue weighted by atomic mass is 19.1. The highest BCUT2D eigenvalue weighted by Crippen LogP contribution is 2.24. The van der Waals surface area contributed by atoms with E-state index in [2.05, 4.69) is 20.6 Å². The number of nitrogens with zero attached hydrogens (tertiary/aromatic N) is 2. The van der Waals surface area contributed by atoms with E-state index in [9.17, 15) is 23.5 Å². The minimum Gasteiger partial charge on any atom is -0.507 e. The third-order valence-corrected chi connectivity index (χ3v) is 4.21. The standard InChI is InChI=1S/C22H20F2N4O3/c1-22(2,3)21-25-10-16(11-26-21)28-20(31)17-5-4-15(9-18(17)29)27-19(30)12-6-13(23)8-14(24)7-12/h4-11,29H,1-3H3,(H,27,30)(H,28,31). The lowest BCUT2D eigenvalue weighted by Gasteiger charge is -2.16. The first-order valence-corrected chi connectivity index (χ1v) is 9.27. The van der Waals surface area contributed by atoms with Gasteiger partial charge in [-0.15, -0.1) is 0 Å². The molecule has 0 unspecified atom stereocenters. The fourth-order valence-corrected chi connectivity index (χ4v) is 2.67. The van der Waals surface area contributed by atoms with Crippen molar-refractivity contribution < 1.29 is 23.5 Å². The third-order valence-electron chi connectivity index (χ3n) is 4.21. The molecule has 3 aromatic rings. The third kappa shape index (κ3) is 5.39. The van der Waals surface area contributed by atoms with Gasteiger partial charge in [0.05, 0.1) is 23.6 Å². The van der Waals surface area contributed by atoms with Crippen molar-refractivity contribution >= 4 is 23.2 Å². The summed E-state index contributed by atoms with van der Waals surface area (Å²) >= 11 is 0. The molecule has 0 fully saturated rings. The lowest BCUT2D eigenvalue weighted by atomic mass is 9.96. The summed E-state index contributed by atoms with van der Waals surface area (Å²) in [5.74, 6) is -2.93. The fraction of sp³-hybridized carbons (Fsp3) is 0.182. The van der Waals surface area contributed by atoms with E-state index in [1.807, 2.05) is 20.8 Å². The van der Waals surface area contributed by atoms with Gasteiger partial charge in [-0.1, -0.05) is 20.8 Å². The van der Waals surface area contributed by atoms with Gasteiger partial charge in [-0.25, -0.2) is 18.7 Å². The van der Waals surface area contributed by atoms with Crippen LogP contribution in [-0.2, 0) is 5.41 Å². The SMILES string of the molecule is CC(C)(C)c1ncc(NC(=O)c2ccc(NC(=O)c3cc(F)cc(F)c3)cc2O)cn1. The number of carbonyl (C=O) groups excluding carboxylic acids is 2. The molecule has 0 radical (unpaired) electrons. The monoisotopic (exact) mass is 426 g/mol. The molecular formula is C22H20F2N4O3. The maximum absolute atomic E-state index is 13.3. The number of aromatic hydroxyl groups is 1. The molecule has 0 aliphatic heterocycles. The summed E-state index contributed by atoms with van der Waals surface area (Å²) in [6, 6.07) is 6.25. The number of hydrogen-bond donors (Lipinski definition) is 3. The van der Waals surface area contributed by atoms with E-state index in [4.69, 9.17) is 0 Å². The molecule has 0 aliphatic rings. The second-order valence-corrected chi connectivity index (χ2v) is 7.84. The second kappa shape index (κ2) is 8.47. The molecule has 31 heavy (non-hydrogen) atoms. The van der Waals surface area contributed by atoms with Crippen molar-refractivity contribution in [2.45, 2.75) is 26.2 Å². The molecule has 0 aliphatic carbocycles. The van der Waals surface area contributed by atoms with Crippen molar-refractivity contribution in [3.8, 4) is 5.75 Å². The van der Waals surface area contributed by atoms with Crippen LogP contribution in [0.5, 0.6) is 5.75 Å². The normalized spacial score (nSPS) is 11.1. The largest absolute Gasteiger partial charge is 0.507 e. The van der Waals surface area contributed by atoms with Gasteiger partial charge in [0.25, 0.3) is 11.8 Å². The zero-order valence-corrected chi connectivity index (χ0v) is 17.0. The number of phenolic OH excluding ortho intramolecular Hbond substituents is 1. The summed E-state index contributed by atoms with van der Waals surface area (Å²) in [4.78, 5) is 33.1. The average Bonchev–Trinajstić information content (AvgIpc) is 2.67. The van der Waals surface area contributed by atoms with Crippen LogP contribution in [0.15, 0.2) is 48.8 Å². The lowest BCUT2D eigenvalue weighted by Crippen LogP contribution is -2.17. The van der Waals surface area contributed by atoms with Crippen molar-refractivity contribution in [2.24, 2.45) is 0 Å². The molecule has 0 saturated heterocycles. The number of carbonyl (C=O) groups is 2. The number of benzene rings is 2. The van der Waals surface area contributed by atoms with Crippen LogP contribution in [0.3, 0.4) is 0 Å². The molecule has 0 saturated carbocycles. The van der Waals surface area contributed by atoms with E-state index in [-0.39, 0.29) is 22.2 Å². The van der Waals surface area contributed by atoms with Gasteiger partial charge in [0.2, 0.25) is 0 Å². The topological polar surface area (TPSA) is 104 Å². The summed E-state index contributed by atoms with van der Waals surface area (Å²) in [7, 11) is 0. The summed E-state index contributed by atoms with van der Waals surface area (Å²) < 4.78 is 26.6. The number of halogens is 2. The van der Waals surface area contributed by atoms with E-state index >= 15 is 0 Å². The van der Waals surface area contributed by atoms with Gasteiger partial charge in [0.15, 0.2) is 0 Å². The first kappa shape index (κ1) is 21.8. The van der Waals surface area contributed by atoms with Crippen LogP contribution in [-0.4, -0.2) is 26.9 Å². The molecule has 160 valence electrons. The van der Waals surface area contributed by atoms with Crippen LogP contribution in [0.4, 0.5) is 20.2 Å². The van der Waals surface area contributed by atoms with Crippen molar-refractivity contribution in [1.29, 1.82) is 0 Å². The van der Waals surface area contributed by atoms with Crippen molar-refractivity contribution in [3.63, 3.8) is 0 Å². The number of aromatic nitrogens is 2. The highest BCUT2D eigenvalue weighted by molar-refractivity contribution is 6.07. The first-order chi connectivity index (χ1) is 14.5. The number of nitrogens with one attached hydrogen (secondary N) is 2. The fourth-order valence-electron chi connectivity index (χ4n) is 2.67. The Balaban J connectivity index is 1.71. The van der Waals surface area contributed by atoms with Crippen LogP contribution in [0, 0.1) is 11.6 Å². The zero-order valence-electron chi connectivity index (χ0n) is 17.0. The number of anilines is 2. The van der Waals surface area contributed by atoms with Crippen LogP contribution < -0.4 is 10.6 Å². The Hall–Kier alpha value is -3.88. The molecule has 2 aromatic carbocycles. The quantitative estimate of drug-likeness (QED) is 0.578. The second-order valence-electron chi connectivity index (χ2n) is 7.84. The highest BCUT2D eigenvalue weighted by Gasteiger charge is 2.18. The molecular weight excluding hydrogens is 406 g/mol. The predicted molar refractivity (Wildman–Crippen MR) is 111 cm³/mol. The molecule has 3 N–H and O–H groups in total. The van der Waals surface area contributed by atoms with Gasteiger partial charge in [0, 0.05) is 28.8 Å². The Bertz CT molecular complexity index is 1120. The van der Waals surface area contributed by atoms with Gasteiger partial charge in [0.1, 0.15) is 23.2 Å². The van der Waals surface area contributed by atoms with Crippen molar-refractivity contribution in [3.05, 3.63) is 77.4 Å². The Morgan fingerprint density at radius 1 is 0.871 bits per heavy atom. The summed E-state index contributed by atoms with van der Waals surface area (Å²) in [5, 5.41) is 15.2. The Kier molecular flexibility index (Phi) is 5.96. The van der Waals surface area contributed by atoms with Gasteiger partial charge in [-0.2, -0.15) is 0 Å². The molecule has 3 rings (SSSR count). The Labute approximate surface area is 177 Å². The van der Waals surface area contributed by atoms with E-state index in [0.29, 0.717) is 17.6 Å². The minimum atomic E-state index is -0.889. The van der Waals surface area contributed by atoms with Crippen molar-refractivity contribution in [2.75, 3.05) is 10.6 Å². The summed E-state index contributed by atoms with van der Waals surface area (Å²) in [6.45, 7) is 5.89. The van der Waals surface area contributed by atoms with E-state index in [0.717, 1.165) is 18.2 Å². The van der Waals surface area contributed by atoms with Gasteiger partial charge in [-0.05, 0) is 24.3 Å². The zero-order chi connectivity index (χ0) is 22.8. The molecule has 7 nitrogen and oxygen atoms in total. The molecule has 9 heteroatoms. The average molecular weight is 426 g/mol. The lowest BCUT2D eigenvalue weighted by molar-refractivity contribution is 0.101. The van der Waals surface area contributed by atoms with Gasteiger partial charge < -0.3 is 15.7 Å². The molecule has 1 aromatic heterocycles. The summed E-state index contributed by atoms with van der Waals surface area (Å²) in [6.07, 6.45) is 2.94. The smallest absolute Gasteiger partial charge is 0.259 e. The Morgan fingerprint density at radius 2 is 1.45 bits per heavy atom.